The summed E-state index contributed by atoms with van der Waals surface area (Å²) in [6.07, 6.45) is 6.47. The van der Waals surface area contributed by atoms with E-state index in [1.54, 1.807) is 0 Å². The van der Waals surface area contributed by atoms with Gasteiger partial charge in [0.15, 0.2) is 6.10 Å². The minimum Gasteiger partial charge on any atom is -0.469 e. The van der Waals surface area contributed by atoms with E-state index in [9.17, 15) is 9.59 Å². The Morgan fingerprint density at radius 2 is 2.04 bits per heavy atom. The average Bonchev–Trinajstić information content (AvgIpc) is 3.13. The third-order valence-corrected chi connectivity index (χ3v) is 6.41. The van der Waals surface area contributed by atoms with Crippen molar-refractivity contribution < 1.29 is 23.8 Å². The van der Waals surface area contributed by atoms with Crippen LogP contribution in [-0.2, 0) is 23.8 Å². The molecular formula is C18H26O5. The second-order valence-corrected chi connectivity index (χ2v) is 7.66. The van der Waals surface area contributed by atoms with Crippen molar-refractivity contribution in [2.75, 3.05) is 7.11 Å². The Hall–Kier alpha value is -1.36. The lowest BCUT2D eigenvalue weighted by Crippen LogP contribution is -2.52. The van der Waals surface area contributed by atoms with Crippen LogP contribution < -0.4 is 0 Å². The highest BCUT2D eigenvalue weighted by molar-refractivity contribution is 5.72. The lowest BCUT2D eigenvalue weighted by molar-refractivity contribution is -0.148. The maximum Gasteiger partial charge on any atom is 0.308 e. The first kappa shape index (κ1) is 16.5. The van der Waals surface area contributed by atoms with Crippen LogP contribution in [0.2, 0.25) is 0 Å². The van der Waals surface area contributed by atoms with Crippen LogP contribution >= 0.6 is 0 Å². The van der Waals surface area contributed by atoms with Gasteiger partial charge in [0, 0.05) is 12.3 Å². The molecule has 0 unspecified atom stereocenters. The number of carbonyl (C=O) groups is 2. The van der Waals surface area contributed by atoms with E-state index in [1.165, 1.54) is 14.0 Å². The van der Waals surface area contributed by atoms with E-state index >= 15 is 0 Å². The van der Waals surface area contributed by atoms with Gasteiger partial charge in [-0.2, -0.15) is 0 Å². The summed E-state index contributed by atoms with van der Waals surface area (Å²) in [6.45, 7) is 7.58. The maximum absolute atomic E-state index is 11.9. The Labute approximate surface area is 137 Å². The first-order chi connectivity index (χ1) is 10.7. The Kier molecular flexibility index (Phi) is 3.63. The summed E-state index contributed by atoms with van der Waals surface area (Å²) < 4.78 is 16.6. The summed E-state index contributed by atoms with van der Waals surface area (Å²) >= 11 is 0. The molecule has 1 saturated carbocycles. The van der Waals surface area contributed by atoms with Crippen molar-refractivity contribution >= 4 is 11.9 Å². The van der Waals surface area contributed by atoms with Crippen molar-refractivity contribution in [2.45, 2.75) is 64.3 Å². The van der Waals surface area contributed by atoms with Crippen molar-refractivity contribution in [3.8, 4) is 0 Å². The molecule has 3 rings (SSSR count). The molecule has 2 aliphatic carbocycles. The van der Waals surface area contributed by atoms with Crippen LogP contribution in [-0.4, -0.2) is 36.4 Å². The van der Waals surface area contributed by atoms with Gasteiger partial charge >= 0.3 is 11.9 Å². The minimum absolute atomic E-state index is 0.0786. The normalized spacial score (nSPS) is 45.4. The van der Waals surface area contributed by atoms with Crippen LogP contribution in [0.4, 0.5) is 0 Å². The van der Waals surface area contributed by atoms with E-state index < -0.39 is 5.60 Å². The van der Waals surface area contributed by atoms with E-state index in [0.717, 1.165) is 19.3 Å². The fourth-order valence-electron chi connectivity index (χ4n) is 4.78. The van der Waals surface area contributed by atoms with Gasteiger partial charge in [0.1, 0.15) is 11.2 Å². The molecule has 0 aromatic carbocycles. The molecule has 1 aliphatic heterocycles. The zero-order valence-electron chi connectivity index (χ0n) is 14.5. The maximum atomic E-state index is 11.9. The summed E-state index contributed by atoms with van der Waals surface area (Å²) in [4.78, 5) is 23.3. The van der Waals surface area contributed by atoms with Crippen molar-refractivity contribution in [1.29, 1.82) is 0 Å². The van der Waals surface area contributed by atoms with Gasteiger partial charge in [-0.15, -0.1) is 0 Å². The van der Waals surface area contributed by atoms with Crippen LogP contribution in [0.25, 0.3) is 0 Å². The van der Waals surface area contributed by atoms with Crippen LogP contribution in [0.15, 0.2) is 12.2 Å². The molecule has 0 amide bonds. The van der Waals surface area contributed by atoms with Crippen LogP contribution in [0.5, 0.6) is 0 Å². The van der Waals surface area contributed by atoms with Crippen molar-refractivity contribution in [2.24, 2.45) is 17.3 Å². The monoisotopic (exact) mass is 322 g/mol. The van der Waals surface area contributed by atoms with Crippen molar-refractivity contribution in [3.05, 3.63) is 12.2 Å². The van der Waals surface area contributed by atoms with Gasteiger partial charge in [0.05, 0.1) is 13.0 Å². The highest BCUT2D eigenvalue weighted by atomic mass is 16.7. The van der Waals surface area contributed by atoms with Gasteiger partial charge in [0.2, 0.25) is 0 Å². The molecular weight excluding hydrogens is 296 g/mol. The smallest absolute Gasteiger partial charge is 0.308 e. The summed E-state index contributed by atoms with van der Waals surface area (Å²) in [6, 6.07) is 0. The average molecular weight is 322 g/mol. The molecule has 0 bridgehead atoms. The molecule has 0 aromatic rings. The molecule has 5 nitrogen and oxygen atoms in total. The lowest BCUT2D eigenvalue weighted by atomic mass is 9.55. The molecule has 1 heterocycles. The molecule has 128 valence electrons. The van der Waals surface area contributed by atoms with Gasteiger partial charge in [-0.3, -0.25) is 9.59 Å². The molecule has 1 spiro atoms. The van der Waals surface area contributed by atoms with Gasteiger partial charge in [-0.25, -0.2) is 0 Å². The minimum atomic E-state index is -0.503. The molecule has 3 aliphatic rings. The van der Waals surface area contributed by atoms with E-state index in [0.29, 0.717) is 0 Å². The van der Waals surface area contributed by atoms with Crippen LogP contribution in [0.1, 0.15) is 47.0 Å². The van der Waals surface area contributed by atoms with Gasteiger partial charge in [0.25, 0.3) is 0 Å². The number of ether oxygens (including phenoxy) is 3. The Bertz CT molecular complexity index is 570. The van der Waals surface area contributed by atoms with Crippen molar-refractivity contribution in [1.82, 2.24) is 0 Å². The second-order valence-electron chi connectivity index (χ2n) is 7.66. The molecule has 0 N–H and O–H groups in total. The molecule has 2 fully saturated rings. The Morgan fingerprint density at radius 1 is 1.35 bits per heavy atom. The van der Waals surface area contributed by atoms with E-state index in [1.807, 2.05) is 19.9 Å². The number of epoxide rings is 1. The fraction of sp³-hybridized carbons (Fsp3) is 0.778. The summed E-state index contributed by atoms with van der Waals surface area (Å²) in [5.41, 5.74) is -0.943. The SMILES string of the molecule is COC(=O)[C@@H](C)[C@@H]1CC[C@@]2(C)C=C[C@H](OC(C)=O)[C@]3(C)O[C@@]32C1. The number of hydrogen-bond acceptors (Lipinski definition) is 5. The predicted octanol–water partition coefficient (Wildman–Crippen LogP) is 2.63. The first-order valence-corrected chi connectivity index (χ1v) is 8.34. The number of methoxy groups -OCH3 is 1. The quantitative estimate of drug-likeness (QED) is 0.454. The van der Waals surface area contributed by atoms with Crippen LogP contribution in [0, 0.1) is 17.3 Å². The summed E-state index contributed by atoms with van der Waals surface area (Å²) in [5, 5.41) is 0. The predicted molar refractivity (Wildman–Crippen MR) is 83.5 cm³/mol. The van der Waals surface area contributed by atoms with Crippen molar-refractivity contribution in [3.63, 3.8) is 0 Å². The zero-order valence-corrected chi connectivity index (χ0v) is 14.5. The molecule has 6 atom stereocenters. The first-order valence-electron chi connectivity index (χ1n) is 8.34. The molecule has 5 heteroatoms. The highest BCUT2D eigenvalue weighted by Gasteiger charge is 2.80. The molecule has 0 aromatic heterocycles. The lowest BCUT2D eigenvalue weighted by Gasteiger charge is -2.46. The van der Waals surface area contributed by atoms with Gasteiger partial charge < -0.3 is 14.2 Å². The number of hydrogen-bond donors (Lipinski definition) is 0. The van der Waals surface area contributed by atoms with E-state index in [4.69, 9.17) is 14.2 Å². The van der Waals surface area contributed by atoms with Crippen LogP contribution in [0.3, 0.4) is 0 Å². The van der Waals surface area contributed by atoms with Gasteiger partial charge in [-0.05, 0) is 38.2 Å². The fourth-order valence-corrected chi connectivity index (χ4v) is 4.78. The zero-order chi connectivity index (χ0) is 17.0. The largest absolute Gasteiger partial charge is 0.469 e. The standard InChI is InChI=1S/C18H26O5/c1-11(15(20)21-5)13-6-8-16(3)9-7-14(22-12(2)19)17(4)18(16,10-13)23-17/h7,9,11,13-14H,6,8,10H2,1-5H3/t11-,13+,14-,16-,17-,18+/m0/s1. The molecule has 0 radical (unpaired) electrons. The third-order valence-electron chi connectivity index (χ3n) is 6.41. The summed E-state index contributed by atoms with van der Waals surface area (Å²) in [7, 11) is 1.43. The van der Waals surface area contributed by atoms with E-state index in [2.05, 4.69) is 13.0 Å². The molecule has 23 heavy (non-hydrogen) atoms. The third kappa shape index (κ3) is 2.16. The number of rotatable bonds is 3. The molecule has 1 saturated heterocycles. The van der Waals surface area contributed by atoms with E-state index in [-0.39, 0.29) is 40.9 Å². The second kappa shape index (κ2) is 5.07. The Morgan fingerprint density at radius 3 is 2.65 bits per heavy atom. The number of carbonyl (C=O) groups excluding carboxylic acids is 2. The highest BCUT2D eigenvalue weighted by Crippen LogP contribution is 2.70. The topological polar surface area (TPSA) is 65.1 Å². The van der Waals surface area contributed by atoms with Gasteiger partial charge in [-0.1, -0.05) is 19.9 Å². The Balaban J connectivity index is 1.87. The number of esters is 2. The summed E-state index contributed by atoms with van der Waals surface area (Å²) in [5.74, 6) is -0.391.